The topological polar surface area (TPSA) is 89.6 Å². The van der Waals surface area contributed by atoms with E-state index in [9.17, 15) is 9.59 Å². The van der Waals surface area contributed by atoms with Crippen LogP contribution in [0.4, 0.5) is 0 Å². The fourth-order valence-corrected chi connectivity index (χ4v) is 2.60. The van der Waals surface area contributed by atoms with E-state index >= 15 is 0 Å². The molecule has 3 rings (SSSR count). The van der Waals surface area contributed by atoms with Gasteiger partial charge in [0.05, 0.1) is 19.9 Å². The number of nitrogens with one attached hydrogen (secondary N) is 1. The number of nitrogens with zero attached hydrogens (tertiary/aromatic N) is 3. The van der Waals surface area contributed by atoms with E-state index < -0.39 is 11.5 Å². The van der Waals surface area contributed by atoms with Gasteiger partial charge in [0.25, 0.3) is 0 Å². The van der Waals surface area contributed by atoms with Crippen molar-refractivity contribution in [3.63, 3.8) is 0 Å². The summed E-state index contributed by atoms with van der Waals surface area (Å²) in [6.45, 7) is 2.16. The Balaban J connectivity index is 1.94. The molecule has 0 spiro atoms. The quantitative estimate of drug-likeness (QED) is 0.382. The summed E-state index contributed by atoms with van der Waals surface area (Å²) in [5.74, 6) is 0.0255. The third-order valence-electron chi connectivity index (χ3n) is 3.97. The Morgan fingerprint density at radius 2 is 1.89 bits per heavy atom. The van der Waals surface area contributed by atoms with Crippen LogP contribution < -0.4 is 15.0 Å². The highest BCUT2D eigenvalue weighted by atomic mass is 16.5. The molecule has 0 amide bonds. The van der Waals surface area contributed by atoms with Crippen molar-refractivity contribution in [2.24, 2.45) is 5.10 Å². The molecule has 0 aliphatic heterocycles. The molecule has 8 heteroatoms. The van der Waals surface area contributed by atoms with Crippen molar-refractivity contribution < 1.29 is 19.0 Å². The lowest BCUT2D eigenvalue weighted by Crippen LogP contribution is -2.44. The first kappa shape index (κ1) is 19.1. The summed E-state index contributed by atoms with van der Waals surface area (Å²) in [4.78, 5) is 26.0. The Hall–Kier alpha value is -3.68. The lowest BCUT2D eigenvalue weighted by atomic mass is 10.2. The summed E-state index contributed by atoms with van der Waals surface area (Å²) >= 11 is 0. The van der Waals surface area contributed by atoms with Gasteiger partial charge in [-0.2, -0.15) is 0 Å². The van der Waals surface area contributed by atoms with Gasteiger partial charge in [0.15, 0.2) is 0 Å². The van der Waals surface area contributed by atoms with E-state index in [1.54, 1.807) is 38.3 Å². The average Bonchev–Trinajstić information content (AvgIpc) is 3.02. The predicted molar refractivity (Wildman–Crippen MR) is 103 cm³/mol. The molecule has 3 aromatic rings. The molecule has 0 atom stereocenters. The Morgan fingerprint density at radius 1 is 1.18 bits per heavy atom. The molecule has 0 saturated carbocycles. The molecule has 0 radical (unpaired) electrons. The molecular weight excluding hydrogens is 360 g/mol. The van der Waals surface area contributed by atoms with E-state index in [-0.39, 0.29) is 12.3 Å². The van der Waals surface area contributed by atoms with Crippen molar-refractivity contribution in [3.8, 4) is 5.75 Å². The molecule has 0 bridgehead atoms. The minimum absolute atomic E-state index is 0.113. The minimum atomic E-state index is -0.696. The smallest absolute Gasteiger partial charge is 0.434 e. The van der Waals surface area contributed by atoms with Gasteiger partial charge >= 0.3 is 17.2 Å². The molecule has 2 aromatic carbocycles. The lowest BCUT2D eigenvalue weighted by molar-refractivity contribution is -0.749. The van der Waals surface area contributed by atoms with Crippen molar-refractivity contribution in [1.82, 2.24) is 10.0 Å². The first-order chi connectivity index (χ1) is 13.6. The second-order valence-electron chi connectivity index (χ2n) is 5.88. The molecule has 8 nitrogen and oxygen atoms in total. The van der Waals surface area contributed by atoms with Gasteiger partial charge in [0, 0.05) is 4.79 Å². The summed E-state index contributed by atoms with van der Waals surface area (Å²) in [5, 5.41) is 6.98. The number of hydrogen-bond donors (Lipinski definition) is 1. The van der Waals surface area contributed by atoms with Gasteiger partial charge in [0.2, 0.25) is 0 Å². The largest absolute Gasteiger partial charge is 0.497 e. The number of carbonyl (C=O) groups is 1. The van der Waals surface area contributed by atoms with Crippen molar-refractivity contribution in [3.05, 3.63) is 81.8 Å². The number of aromatic amines is 1. The second kappa shape index (κ2) is 8.81. The van der Waals surface area contributed by atoms with Crippen LogP contribution in [0.3, 0.4) is 0 Å². The van der Waals surface area contributed by atoms with Gasteiger partial charge in [-0.05, 0) is 42.3 Å². The van der Waals surface area contributed by atoms with Crippen molar-refractivity contribution in [2.75, 3.05) is 13.7 Å². The van der Waals surface area contributed by atoms with Crippen LogP contribution in [0.15, 0.2) is 64.5 Å². The van der Waals surface area contributed by atoms with Gasteiger partial charge in [0.1, 0.15) is 12.3 Å². The highest BCUT2D eigenvalue weighted by Gasteiger charge is 2.29. The Kier molecular flexibility index (Phi) is 6.01. The van der Waals surface area contributed by atoms with E-state index in [0.29, 0.717) is 6.54 Å². The van der Waals surface area contributed by atoms with Crippen LogP contribution in [-0.2, 0) is 11.3 Å². The summed E-state index contributed by atoms with van der Waals surface area (Å²) < 4.78 is 11.6. The summed E-state index contributed by atoms with van der Waals surface area (Å²) in [7, 11) is 1.59. The normalized spacial score (nSPS) is 10.9. The lowest BCUT2D eigenvalue weighted by Gasteiger charge is -2.00. The zero-order valence-electron chi connectivity index (χ0n) is 15.7. The van der Waals surface area contributed by atoms with Crippen LogP contribution in [0.1, 0.15) is 28.5 Å². The number of methoxy groups -OCH3 is 1. The number of rotatable bonds is 7. The van der Waals surface area contributed by atoms with Crippen molar-refractivity contribution in [1.29, 1.82) is 0 Å². The molecule has 1 aromatic heterocycles. The maximum Gasteiger partial charge on any atom is 0.434 e. The van der Waals surface area contributed by atoms with E-state index in [2.05, 4.69) is 10.3 Å². The number of benzene rings is 2. The first-order valence-electron chi connectivity index (χ1n) is 8.76. The molecule has 28 heavy (non-hydrogen) atoms. The maximum absolute atomic E-state index is 12.7. The molecule has 0 fully saturated rings. The number of ether oxygens (including phenoxy) is 2. The number of H-pyrrole nitrogens is 1. The predicted octanol–water partition coefficient (Wildman–Crippen LogP) is 1.58. The Labute approximate surface area is 161 Å². The van der Waals surface area contributed by atoms with Crippen LogP contribution in [-0.4, -0.2) is 35.9 Å². The molecule has 0 aliphatic rings. The molecule has 1 heterocycles. The monoisotopic (exact) mass is 381 g/mol. The standard InChI is InChI=1S/C20H20N4O4/c1-3-28-20(26)18-19(25)24(21-13-15-9-11-17(27-2)12-10-15)22-23(18)14-16-7-5-4-6-8-16/h4-13H,3,14H2,1-2H3/p+1/b21-13+. The van der Waals surface area contributed by atoms with E-state index in [1.807, 2.05) is 30.3 Å². The van der Waals surface area contributed by atoms with Gasteiger partial charge in [-0.1, -0.05) is 40.6 Å². The SMILES string of the molecule is CCOC(=O)c1c(=O)n(/N=C/c2ccc(OC)cc2)[nH][n+]1Cc1ccccc1. The van der Waals surface area contributed by atoms with E-state index in [4.69, 9.17) is 9.47 Å². The molecular formula is C20H21N4O4+. The molecule has 144 valence electrons. The maximum atomic E-state index is 12.7. The highest BCUT2D eigenvalue weighted by molar-refractivity contribution is 5.85. The molecule has 1 N–H and O–H groups in total. The zero-order valence-corrected chi connectivity index (χ0v) is 15.7. The first-order valence-corrected chi connectivity index (χ1v) is 8.76. The van der Waals surface area contributed by atoms with Crippen LogP contribution in [0.5, 0.6) is 5.75 Å². The van der Waals surface area contributed by atoms with E-state index in [1.165, 1.54) is 10.9 Å². The van der Waals surface area contributed by atoms with Gasteiger partial charge < -0.3 is 9.47 Å². The number of carbonyl (C=O) groups excluding carboxylic acids is 1. The minimum Gasteiger partial charge on any atom is -0.497 e. The van der Waals surface area contributed by atoms with Crippen LogP contribution in [0.2, 0.25) is 0 Å². The summed E-state index contributed by atoms with van der Waals surface area (Å²) in [6, 6.07) is 16.7. The van der Waals surface area contributed by atoms with Crippen molar-refractivity contribution in [2.45, 2.75) is 13.5 Å². The third kappa shape index (κ3) is 4.35. The Morgan fingerprint density at radius 3 is 2.54 bits per heavy atom. The highest BCUT2D eigenvalue weighted by Crippen LogP contribution is 2.09. The number of aromatic nitrogens is 3. The van der Waals surface area contributed by atoms with Crippen LogP contribution in [0, 0.1) is 0 Å². The molecule has 0 saturated heterocycles. The fourth-order valence-electron chi connectivity index (χ4n) is 2.60. The Bertz CT molecular complexity index is 1020. The third-order valence-corrected chi connectivity index (χ3v) is 3.97. The average molecular weight is 381 g/mol. The zero-order chi connectivity index (χ0) is 19.9. The second-order valence-corrected chi connectivity index (χ2v) is 5.88. The number of hydrogen-bond acceptors (Lipinski definition) is 5. The van der Waals surface area contributed by atoms with Crippen LogP contribution in [0.25, 0.3) is 0 Å². The van der Waals surface area contributed by atoms with Gasteiger partial charge in [-0.15, -0.1) is 4.68 Å². The molecule has 0 unspecified atom stereocenters. The van der Waals surface area contributed by atoms with Gasteiger partial charge in [-0.3, -0.25) is 0 Å². The van der Waals surface area contributed by atoms with Crippen LogP contribution >= 0.6 is 0 Å². The molecule has 0 aliphatic carbocycles. The van der Waals surface area contributed by atoms with E-state index in [0.717, 1.165) is 21.7 Å². The number of esters is 1. The summed E-state index contributed by atoms with van der Waals surface area (Å²) in [5.41, 5.74) is 0.997. The fraction of sp³-hybridized carbons (Fsp3) is 0.200. The summed E-state index contributed by atoms with van der Waals surface area (Å²) in [6.07, 6.45) is 1.51. The van der Waals surface area contributed by atoms with Crippen molar-refractivity contribution >= 4 is 12.2 Å². The van der Waals surface area contributed by atoms with Gasteiger partial charge in [-0.25, -0.2) is 9.59 Å².